The van der Waals surface area contributed by atoms with E-state index < -0.39 is 0 Å². The fourth-order valence-corrected chi connectivity index (χ4v) is 2.67. The van der Waals surface area contributed by atoms with Crippen LogP contribution in [0.2, 0.25) is 0 Å². The summed E-state index contributed by atoms with van der Waals surface area (Å²) in [6, 6.07) is 17.8. The van der Waals surface area contributed by atoms with E-state index in [1.54, 1.807) is 12.5 Å². The van der Waals surface area contributed by atoms with Gasteiger partial charge in [-0.25, -0.2) is 9.98 Å². The number of furan rings is 1. The molecular weight excluding hydrogens is 352 g/mol. The van der Waals surface area contributed by atoms with Crippen LogP contribution in [0.5, 0.6) is 5.88 Å². The molecule has 0 aliphatic heterocycles. The maximum atomic E-state index is 5.91. The molecule has 3 rings (SSSR count). The molecule has 28 heavy (non-hydrogen) atoms. The summed E-state index contributed by atoms with van der Waals surface area (Å²) in [6.45, 7) is 4.53. The van der Waals surface area contributed by atoms with Crippen LogP contribution in [0, 0.1) is 0 Å². The zero-order valence-corrected chi connectivity index (χ0v) is 16.1. The number of hydrogen-bond acceptors (Lipinski definition) is 4. The smallest absolute Gasteiger partial charge is 0.218 e. The summed E-state index contributed by atoms with van der Waals surface area (Å²) in [5.41, 5.74) is 2.05. The number of aromatic nitrogens is 1. The van der Waals surface area contributed by atoms with E-state index in [4.69, 9.17) is 9.15 Å². The number of pyridine rings is 1. The van der Waals surface area contributed by atoms with Crippen molar-refractivity contribution in [1.29, 1.82) is 0 Å². The molecule has 0 amide bonds. The fourth-order valence-electron chi connectivity index (χ4n) is 2.67. The lowest BCUT2D eigenvalue weighted by Gasteiger charge is -2.12. The first-order valence-corrected chi connectivity index (χ1v) is 9.50. The average Bonchev–Trinajstić information content (AvgIpc) is 3.25. The first-order valence-electron chi connectivity index (χ1n) is 9.50. The summed E-state index contributed by atoms with van der Waals surface area (Å²) in [4.78, 5) is 9.03. The van der Waals surface area contributed by atoms with Gasteiger partial charge in [-0.15, -0.1) is 0 Å². The number of nitrogens with zero attached hydrogens (tertiary/aromatic N) is 2. The second-order valence-corrected chi connectivity index (χ2v) is 6.19. The molecule has 6 nitrogen and oxygen atoms in total. The van der Waals surface area contributed by atoms with Crippen LogP contribution in [0.3, 0.4) is 0 Å². The van der Waals surface area contributed by atoms with Gasteiger partial charge in [0, 0.05) is 31.3 Å². The van der Waals surface area contributed by atoms with Gasteiger partial charge in [-0.1, -0.05) is 36.4 Å². The highest BCUT2D eigenvalue weighted by atomic mass is 16.5. The third-order valence-corrected chi connectivity index (χ3v) is 4.06. The van der Waals surface area contributed by atoms with Gasteiger partial charge >= 0.3 is 0 Å². The largest absolute Gasteiger partial charge is 0.473 e. The third-order valence-electron chi connectivity index (χ3n) is 4.06. The molecule has 6 heteroatoms. The zero-order valence-electron chi connectivity index (χ0n) is 16.1. The van der Waals surface area contributed by atoms with Gasteiger partial charge in [-0.05, 0) is 30.7 Å². The van der Waals surface area contributed by atoms with Gasteiger partial charge in [0.1, 0.15) is 12.4 Å². The van der Waals surface area contributed by atoms with Crippen LogP contribution in [-0.4, -0.2) is 24.0 Å². The van der Waals surface area contributed by atoms with Crippen molar-refractivity contribution in [2.24, 2.45) is 4.99 Å². The van der Waals surface area contributed by atoms with Crippen LogP contribution >= 0.6 is 0 Å². The Morgan fingerprint density at radius 2 is 1.96 bits per heavy atom. The quantitative estimate of drug-likeness (QED) is 0.440. The van der Waals surface area contributed by atoms with E-state index in [1.165, 1.54) is 0 Å². The van der Waals surface area contributed by atoms with Crippen molar-refractivity contribution >= 4 is 5.96 Å². The second-order valence-electron chi connectivity index (χ2n) is 6.19. The normalized spacial score (nSPS) is 11.2. The van der Waals surface area contributed by atoms with Crippen LogP contribution in [0.25, 0.3) is 0 Å². The Morgan fingerprint density at radius 3 is 2.75 bits per heavy atom. The van der Waals surface area contributed by atoms with E-state index in [9.17, 15) is 0 Å². The minimum atomic E-state index is 0.480. The molecule has 0 saturated carbocycles. The molecule has 0 spiro atoms. The molecular formula is C22H26N4O2. The van der Waals surface area contributed by atoms with E-state index >= 15 is 0 Å². The van der Waals surface area contributed by atoms with Crippen molar-refractivity contribution in [3.63, 3.8) is 0 Å². The van der Waals surface area contributed by atoms with Crippen molar-refractivity contribution in [3.05, 3.63) is 83.9 Å². The minimum absolute atomic E-state index is 0.480. The highest BCUT2D eigenvalue weighted by molar-refractivity contribution is 5.79. The van der Waals surface area contributed by atoms with Gasteiger partial charge in [0.15, 0.2) is 5.96 Å². The van der Waals surface area contributed by atoms with Gasteiger partial charge in [0.25, 0.3) is 0 Å². The minimum Gasteiger partial charge on any atom is -0.473 e. The number of guanidine groups is 1. The van der Waals surface area contributed by atoms with Crippen LogP contribution < -0.4 is 15.4 Å². The van der Waals surface area contributed by atoms with Crippen LogP contribution in [0.15, 0.2) is 76.5 Å². The van der Waals surface area contributed by atoms with Crippen LogP contribution in [-0.2, 0) is 19.6 Å². The zero-order chi connectivity index (χ0) is 19.4. The van der Waals surface area contributed by atoms with Crippen molar-refractivity contribution < 1.29 is 9.15 Å². The number of aliphatic imine (C=N–C) groups is 1. The summed E-state index contributed by atoms with van der Waals surface area (Å²) < 4.78 is 11.3. The Hall–Kier alpha value is -3.28. The van der Waals surface area contributed by atoms with Gasteiger partial charge in [-0.3, -0.25) is 0 Å². The molecule has 0 bridgehead atoms. The van der Waals surface area contributed by atoms with Crippen molar-refractivity contribution in [2.45, 2.75) is 26.5 Å². The van der Waals surface area contributed by atoms with Gasteiger partial charge in [0.05, 0.1) is 12.8 Å². The SMILES string of the molecule is CCNC(=NCc1cccnc1OCc1ccccc1)NCCc1ccco1. The number of nitrogens with one attached hydrogen (secondary N) is 2. The van der Waals surface area contributed by atoms with E-state index in [0.29, 0.717) is 19.0 Å². The molecule has 0 aliphatic carbocycles. The molecule has 1 aromatic carbocycles. The molecule has 2 aromatic heterocycles. The van der Waals surface area contributed by atoms with E-state index in [2.05, 4.69) is 20.6 Å². The molecule has 0 fully saturated rings. The third kappa shape index (κ3) is 6.16. The number of rotatable bonds is 9. The Morgan fingerprint density at radius 1 is 1.07 bits per heavy atom. The summed E-state index contributed by atoms with van der Waals surface area (Å²) >= 11 is 0. The number of hydrogen-bond donors (Lipinski definition) is 2. The number of ether oxygens (including phenoxy) is 1. The predicted molar refractivity (Wildman–Crippen MR) is 110 cm³/mol. The highest BCUT2D eigenvalue weighted by Gasteiger charge is 2.06. The summed E-state index contributed by atoms with van der Waals surface area (Å²) in [5, 5.41) is 6.58. The Kier molecular flexibility index (Phi) is 7.49. The second kappa shape index (κ2) is 10.8. The topological polar surface area (TPSA) is 71.7 Å². The van der Waals surface area contributed by atoms with Gasteiger partial charge in [0.2, 0.25) is 5.88 Å². The predicted octanol–water partition coefficient (Wildman–Crippen LogP) is 3.55. The van der Waals surface area contributed by atoms with Crippen LogP contribution in [0.4, 0.5) is 0 Å². The molecule has 2 heterocycles. The summed E-state index contributed by atoms with van der Waals surface area (Å²) in [7, 11) is 0. The van der Waals surface area contributed by atoms with Gasteiger partial charge < -0.3 is 19.8 Å². The van der Waals surface area contributed by atoms with E-state index in [0.717, 1.165) is 42.4 Å². The maximum Gasteiger partial charge on any atom is 0.218 e. The molecule has 2 N–H and O–H groups in total. The monoisotopic (exact) mass is 378 g/mol. The Labute approximate surface area is 165 Å². The number of benzene rings is 1. The first kappa shape index (κ1) is 19.5. The molecule has 0 saturated heterocycles. The molecule has 0 unspecified atom stereocenters. The van der Waals surface area contributed by atoms with E-state index in [-0.39, 0.29) is 0 Å². The lowest BCUT2D eigenvalue weighted by Crippen LogP contribution is -2.38. The van der Waals surface area contributed by atoms with E-state index in [1.807, 2.05) is 61.5 Å². The van der Waals surface area contributed by atoms with Crippen molar-refractivity contribution in [3.8, 4) is 5.88 Å². The Balaban J connectivity index is 1.58. The maximum absolute atomic E-state index is 5.91. The lowest BCUT2D eigenvalue weighted by atomic mass is 10.2. The molecule has 0 radical (unpaired) electrons. The summed E-state index contributed by atoms with van der Waals surface area (Å²) in [6.07, 6.45) is 4.23. The van der Waals surface area contributed by atoms with Crippen molar-refractivity contribution in [1.82, 2.24) is 15.6 Å². The molecule has 0 atom stereocenters. The molecule has 0 aliphatic rings. The fraction of sp³-hybridized carbons (Fsp3) is 0.273. The molecule has 3 aromatic rings. The molecule has 146 valence electrons. The lowest BCUT2D eigenvalue weighted by molar-refractivity contribution is 0.290. The standard InChI is InChI=1S/C22H26N4O2/c1-2-23-22(25-14-12-20-11-7-15-27-20)26-16-19-10-6-13-24-21(19)28-17-18-8-4-3-5-9-18/h3-11,13,15H,2,12,14,16-17H2,1H3,(H2,23,25,26). The van der Waals surface area contributed by atoms with Gasteiger partial charge in [-0.2, -0.15) is 0 Å². The summed E-state index contributed by atoms with van der Waals surface area (Å²) in [5.74, 6) is 2.32. The Bertz CT molecular complexity index is 848. The van der Waals surface area contributed by atoms with Crippen LogP contribution in [0.1, 0.15) is 23.8 Å². The first-order chi connectivity index (χ1) is 13.8. The highest BCUT2D eigenvalue weighted by Crippen LogP contribution is 2.17. The van der Waals surface area contributed by atoms with Crippen molar-refractivity contribution in [2.75, 3.05) is 13.1 Å². The average molecular weight is 378 g/mol.